The summed E-state index contributed by atoms with van der Waals surface area (Å²) in [6.07, 6.45) is 0. The van der Waals surface area contributed by atoms with Gasteiger partial charge in [0, 0.05) is 0 Å². The minimum absolute atomic E-state index is 0. The van der Waals surface area contributed by atoms with Crippen molar-refractivity contribution in [1.82, 2.24) is 0 Å². The average molecular weight is 226 g/mol. The van der Waals surface area contributed by atoms with Crippen molar-refractivity contribution >= 4 is 45.6 Å². The first-order valence-corrected chi connectivity index (χ1v) is 4.74. The maximum Gasteiger partial charge on any atom is 2.00 e. The van der Waals surface area contributed by atoms with Crippen LogP contribution in [-0.4, -0.2) is 86.3 Å². The Bertz CT molecular complexity index is 172. The average Bonchev–Trinajstić information content (AvgIpc) is 1.55. The van der Waals surface area contributed by atoms with Crippen molar-refractivity contribution in [2.24, 2.45) is 0 Å². The van der Waals surface area contributed by atoms with Gasteiger partial charge in [0.05, 0.1) is 21.1 Å². The van der Waals surface area contributed by atoms with Crippen LogP contribution in [0.4, 0.5) is 0 Å². The van der Waals surface area contributed by atoms with Crippen LogP contribution in [0, 0.1) is 0 Å². The molecule has 2 N–H and O–H groups in total. The molecular formula is C5H17CaNO4P+. The molecule has 0 aliphatic rings. The van der Waals surface area contributed by atoms with Crippen LogP contribution >= 0.6 is 7.82 Å². The molecule has 0 atom stereocenters. The van der Waals surface area contributed by atoms with Crippen LogP contribution in [-0.2, 0) is 9.09 Å². The second kappa shape index (κ2) is 5.94. The third kappa shape index (κ3) is 13.9. The van der Waals surface area contributed by atoms with Gasteiger partial charge in [0.25, 0.3) is 0 Å². The van der Waals surface area contributed by atoms with Gasteiger partial charge >= 0.3 is 45.6 Å². The number of nitrogens with zero attached hydrogens (tertiary/aromatic N) is 1. The van der Waals surface area contributed by atoms with Crippen molar-refractivity contribution in [2.75, 3.05) is 34.3 Å². The maximum absolute atomic E-state index is 10.2. The summed E-state index contributed by atoms with van der Waals surface area (Å²) in [6, 6.07) is 0. The van der Waals surface area contributed by atoms with E-state index in [2.05, 4.69) is 4.52 Å². The van der Waals surface area contributed by atoms with Gasteiger partial charge in [-0.2, -0.15) is 0 Å². The van der Waals surface area contributed by atoms with E-state index in [0.29, 0.717) is 11.0 Å². The van der Waals surface area contributed by atoms with Crippen molar-refractivity contribution in [1.29, 1.82) is 0 Å². The smallest absolute Gasteiger partial charge is 1.00 e. The van der Waals surface area contributed by atoms with Crippen LogP contribution in [0.15, 0.2) is 0 Å². The number of rotatable bonds is 4. The van der Waals surface area contributed by atoms with E-state index in [1.165, 1.54) is 0 Å². The molecule has 0 aromatic carbocycles. The van der Waals surface area contributed by atoms with Crippen LogP contribution in [0.5, 0.6) is 0 Å². The number of phosphoric ester groups is 1. The van der Waals surface area contributed by atoms with E-state index in [-0.39, 0.29) is 47.2 Å². The largest absolute Gasteiger partial charge is 2.00 e. The first-order valence-electron chi connectivity index (χ1n) is 3.21. The molecule has 0 aliphatic carbocycles. The molecule has 0 spiro atoms. The van der Waals surface area contributed by atoms with Gasteiger partial charge in [-0.15, -0.1) is 0 Å². The first-order chi connectivity index (χ1) is 4.71. The van der Waals surface area contributed by atoms with Crippen molar-refractivity contribution in [3.63, 3.8) is 0 Å². The third-order valence-electron chi connectivity index (χ3n) is 1.02. The number of hydrogen-bond acceptors (Lipinski definition) is 2. The molecule has 0 saturated heterocycles. The molecule has 0 aromatic rings. The molecule has 7 heteroatoms. The van der Waals surface area contributed by atoms with E-state index in [1.807, 2.05) is 21.1 Å². The van der Waals surface area contributed by atoms with E-state index < -0.39 is 7.82 Å². The Hall–Kier alpha value is 1.33. The summed E-state index contributed by atoms with van der Waals surface area (Å²) in [5.74, 6) is 0. The van der Waals surface area contributed by atoms with E-state index in [1.54, 1.807) is 0 Å². The van der Waals surface area contributed by atoms with Gasteiger partial charge in [-0.05, 0) is 0 Å². The Morgan fingerprint density at radius 3 is 2.08 bits per heavy atom. The van der Waals surface area contributed by atoms with Gasteiger partial charge < -0.3 is 17.1 Å². The molecule has 0 saturated carbocycles. The van der Waals surface area contributed by atoms with Crippen molar-refractivity contribution in [3.05, 3.63) is 0 Å². The molecule has 5 nitrogen and oxygen atoms in total. The van der Waals surface area contributed by atoms with E-state index in [9.17, 15) is 4.57 Å². The summed E-state index contributed by atoms with van der Waals surface area (Å²) >= 11 is 0. The third-order valence-corrected chi connectivity index (χ3v) is 1.54. The molecule has 12 heavy (non-hydrogen) atoms. The Morgan fingerprint density at radius 1 is 1.42 bits per heavy atom. The fourth-order valence-corrected chi connectivity index (χ4v) is 0.753. The summed E-state index contributed by atoms with van der Waals surface area (Å²) in [4.78, 5) is 16.6. The summed E-state index contributed by atoms with van der Waals surface area (Å²) in [5, 5.41) is 0. The van der Waals surface area contributed by atoms with Gasteiger partial charge in [0.2, 0.25) is 0 Å². The van der Waals surface area contributed by atoms with E-state index in [4.69, 9.17) is 9.79 Å². The Morgan fingerprint density at radius 2 is 1.83 bits per heavy atom. The fourth-order valence-electron chi connectivity index (χ4n) is 0.434. The molecule has 0 amide bonds. The van der Waals surface area contributed by atoms with Crippen LogP contribution < -0.4 is 0 Å². The molecule has 0 bridgehead atoms. The molecule has 0 radical (unpaired) electrons. The minimum atomic E-state index is -4.26. The van der Waals surface area contributed by atoms with Gasteiger partial charge in [-0.25, -0.2) is 4.57 Å². The fraction of sp³-hybridized carbons (Fsp3) is 1.00. The maximum atomic E-state index is 10.2. The summed E-state index contributed by atoms with van der Waals surface area (Å²) in [6.45, 7) is 0.652. The number of phosphoric acid groups is 1. The molecule has 0 heterocycles. The van der Waals surface area contributed by atoms with Gasteiger partial charge in [-0.3, -0.25) is 4.52 Å². The standard InChI is InChI=1S/C5H14NO4P.Ca.2H/c1-6(2,3)4-5-10-11(7,8)9;;;/h4-5H2,1-3H3,(H-,7,8,9);;;/q;+2;2*-1/p+1. The number of likely N-dealkylation sites (N-methyl/N-ethyl adjacent to an activating group) is 1. The molecule has 72 valence electrons. The Labute approximate surface area is 106 Å². The van der Waals surface area contributed by atoms with Crippen molar-refractivity contribution in [2.45, 2.75) is 0 Å². The SMILES string of the molecule is C[N+](C)(C)CCOP(=O)(O)O.[Ca+2].[H-].[H-]. The zero-order valence-electron chi connectivity index (χ0n) is 9.73. The van der Waals surface area contributed by atoms with Gasteiger partial charge in [0.1, 0.15) is 13.2 Å². The molecule has 0 unspecified atom stereocenters. The zero-order chi connectivity index (χ0) is 9.12. The summed E-state index contributed by atoms with van der Waals surface area (Å²) < 4.78 is 15.1. The Kier molecular flexibility index (Phi) is 7.81. The molecule has 0 rings (SSSR count). The van der Waals surface area contributed by atoms with E-state index >= 15 is 0 Å². The normalized spacial score (nSPS) is 12.4. The topological polar surface area (TPSA) is 66.8 Å². The van der Waals surface area contributed by atoms with Crippen LogP contribution in [0.2, 0.25) is 0 Å². The summed E-state index contributed by atoms with van der Waals surface area (Å²) in [5.41, 5.74) is 0. The first kappa shape index (κ1) is 15.8. The van der Waals surface area contributed by atoms with Crippen molar-refractivity contribution < 1.29 is 26.2 Å². The molecule has 0 aliphatic heterocycles. The van der Waals surface area contributed by atoms with Crippen LogP contribution in [0.1, 0.15) is 2.85 Å². The quantitative estimate of drug-likeness (QED) is 0.390. The van der Waals surface area contributed by atoms with Crippen molar-refractivity contribution in [3.8, 4) is 0 Å². The monoisotopic (exact) mass is 226 g/mol. The van der Waals surface area contributed by atoms with Gasteiger partial charge in [-0.1, -0.05) is 0 Å². The number of hydrogen-bond donors (Lipinski definition) is 2. The second-order valence-corrected chi connectivity index (χ2v) is 4.58. The zero-order valence-corrected chi connectivity index (χ0v) is 10.8. The molecule has 0 fully saturated rings. The van der Waals surface area contributed by atoms with Crippen LogP contribution in [0.3, 0.4) is 0 Å². The predicted molar refractivity (Wildman–Crippen MR) is 48.9 cm³/mol. The molecular weight excluding hydrogens is 209 g/mol. The number of quaternary nitrogens is 1. The van der Waals surface area contributed by atoms with Crippen LogP contribution in [0.25, 0.3) is 0 Å². The predicted octanol–water partition coefficient (Wildman–Crippen LogP) is -0.354. The van der Waals surface area contributed by atoms with E-state index in [0.717, 1.165) is 0 Å². The molecule has 0 aromatic heterocycles. The summed E-state index contributed by atoms with van der Waals surface area (Å²) in [7, 11) is 1.50. The van der Waals surface area contributed by atoms with Gasteiger partial charge in [0.15, 0.2) is 0 Å². The minimum Gasteiger partial charge on any atom is -1.00 e. The Balaban J connectivity index is -0.000000167. The second-order valence-electron chi connectivity index (χ2n) is 3.34.